The van der Waals surface area contributed by atoms with Gasteiger partial charge in [0.1, 0.15) is 18.2 Å². The number of carboxylic acid groups (broad SMARTS) is 1. The summed E-state index contributed by atoms with van der Waals surface area (Å²) in [6.45, 7) is 4.06. The van der Waals surface area contributed by atoms with Crippen molar-refractivity contribution in [1.29, 1.82) is 0 Å². The van der Waals surface area contributed by atoms with Crippen LogP contribution in [0.15, 0.2) is 30.5 Å². The molecule has 1 aromatic carbocycles. The highest BCUT2D eigenvalue weighted by Crippen LogP contribution is 2.24. The molecule has 1 aromatic heterocycles. The Labute approximate surface area is 121 Å². The Morgan fingerprint density at radius 2 is 2.15 bits per heavy atom. The highest BCUT2D eigenvalue weighted by molar-refractivity contribution is 6.32. The summed E-state index contributed by atoms with van der Waals surface area (Å²) in [5.41, 5.74) is 0.0106. The van der Waals surface area contributed by atoms with E-state index in [0.717, 1.165) is 0 Å². The monoisotopic (exact) mass is 294 g/mol. The van der Waals surface area contributed by atoms with Gasteiger partial charge in [-0.1, -0.05) is 23.7 Å². The molecule has 0 saturated heterocycles. The second kappa shape index (κ2) is 5.96. The van der Waals surface area contributed by atoms with Gasteiger partial charge in [0.15, 0.2) is 5.69 Å². The summed E-state index contributed by atoms with van der Waals surface area (Å²) < 4.78 is 7.38. The molecule has 0 aliphatic heterocycles. The van der Waals surface area contributed by atoms with Gasteiger partial charge in [-0.05, 0) is 26.0 Å². The quantitative estimate of drug-likeness (QED) is 0.918. The van der Waals surface area contributed by atoms with Crippen LogP contribution in [0.1, 0.15) is 36.2 Å². The van der Waals surface area contributed by atoms with E-state index in [1.165, 1.54) is 6.20 Å². The van der Waals surface area contributed by atoms with E-state index in [2.05, 4.69) is 4.98 Å². The van der Waals surface area contributed by atoms with Crippen LogP contribution < -0.4 is 4.74 Å². The summed E-state index contributed by atoms with van der Waals surface area (Å²) in [5.74, 6) is 0.0464. The van der Waals surface area contributed by atoms with Crippen LogP contribution in [0.2, 0.25) is 5.02 Å². The lowest BCUT2D eigenvalue weighted by molar-refractivity contribution is 0.0690. The van der Waals surface area contributed by atoms with Gasteiger partial charge in [0.25, 0.3) is 0 Å². The summed E-state index contributed by atoms with van der Waals surface area (Å²) in [5, 5.41) is 9.50. The summed E-state index contributed by atoms with van der Waals surface area (Å²) in [6, 6.07) is 7.21. The number of carbonyl (C=O) groups is 1. The largest absolute Gasteiger partial charge is 0.484 e. The molecule has 0 atom stereocenters. The number of ether oxygens (including phenoxy) is 1. The Kier molecular flexibility index (Phi) is 4.29. The first kappa shape index (κ1) is 14.4. The first-order valence-corrected chi connectivity index (χ1v) is 6.55. The number of rotatable bonds is 5. The number of carboxylic acids is 1. The molecule has 1 heterocycles. The minimum atomic E-state index is -1.05. The number of benzene rings is 1. The number of aromatic nitrogens is 2. The second-order valence-electron chi connectivity index (χ2n) is 4.57. The molecule has 0 aliphatic rings. The fourth-order valence-electron chi connectivity index (χ4n) is 1.79. The average Bonchev–Trinajstić information content (AvgIpc) is 2.82. The van der Waals surface area contributed by atoms with Crippen LogP contribution in [0, 0.1) is 0 Å². The molecule has 20 heavy (non-hydrogen) atoms. The minimum absolute atomic E-state index is 0.0106. The molecule has 0 saturated carbocycles. The fourth-order valence-corrected chi connectivity index (χ4v) is 1.98. The molecule has 0 bridgehead atoms. The summed E-state index contributed by atoms with van der Waals surface area (Å²) >= 11 is 6.00. The molecule has 0 fully saturated rings. The van der Waals surface area contributed by atoms with Crippen LogP contribution in [-0.4, -0.2) is 20.6 Å². The van der Waals surface area contributed by atoms with Gasteiger partial charge in [0.05, 0.1) is 5.02 Å². The molecular weight excluding hydrogens is 280 g/mol. The van der Waals surface area contributed by atoms with Crippen LogP contribution in [0.3, 0.4) is 0 Å². The zero-order chi connectivity index (χ0) is 14.7. The van der Waals surface area contributed by atoms with Crippen LogP contribution >= 0.6 is 11.6 Å². The van der Waals surface area contributed by atoms with E-state index in [-0.39, 0.29) is 18.3 Å². The molecule has 106 valence electrons. The lowest BCUT2D eigenvalue weighted by atomic mass is 10.3. The van der Waals surface area contributed by atoms with Gasteiger partial charge in [-0.15, -0.1) is 0 Å². The lowest BCUT2D eigenvalue weighted by Crippen LogP contribution is -2.08. The van der Waals surface area contributed by atoms with Crippen LogP contribution in [0.4, 0.5) is 0 Å². The van der Waals surface area contributed by atoms with Crippen molar-refractivity contribution in [2.75, 3.05) is 0 Å². The van der Waals surface area contributed by atoms with E-state index >= 15 is 0 Å². The highest BCUT2D eigenvalue weighted by Gasteiger charge is 2.15. The SMILES string of the molecule is CC(C)n1cc(C(=O)O)nc1COc1ccccc1Cl. The van der Waals surface area contributed by atoms with E-state index in [9.17, 15) is 4.79 Å². The number of nitrogens with zero attached hydrogens (tertiary/aromatic N) is 2. The number of halogens is 1. The summed E-state index contributed by atoms with van der Waals surface area (Å²) in [6.07, 6.45) is 1.51. The second-order valence-corrected chi connectivity index (χ2v) is 4.97. The maximum atomic E-state index is 11.0. The molecule has 0 unspecified atom stereocenters. The average molecular weight is 295 g/mol. The first-order valence-electron chi connectivity index (χ1n) is 6.17. The van der Waals surface area contributed by atoms with E-state index in [0.29, 0.717) is 16.6 Å². The van der Waals surface area contributed by atoms with Crippen LogP contribution in [0.5, 0.6) is 5.75 Å². The number of hydrogen-bond acceptors (Lipinski definition) is 3. The number of aromatic carboxylic acids is 1. The molecule has 0 radical (unpaired) electrons. The molecule has 0 aliphatic carbocycles. The van der Waals surface area contributed by atoms with Crippen molar-refractivity contribution in [2.24, 2.45) is 0 Å². The molecule has 6 heteroatoms. The number of para-hydroxylation sites is 1. The molecule has 2 aromatic rings. The summed E-state index contributed by atoms with van der Waals surface area (Å²) in [7, 11) is 0. The first-order chi connectivity index (χ1) is 9.49. The van der Waals surface area contributed by atoms with Crippen molar-refractivity contribution in [3.05, 3.63) is 47.0 Å². The molecular formula is C14H15ClN2O3. The predicted octanol–water partition coefficient (Wildman–Crippen LogP) is 3.39. The Balaban J connectivity index is 2.20. The van der Waals surface area contributed by atoms with Gasteiger partial charge < -0.3 is 14.4 Å². The van der Waals surface area contributed by atoms with Crippen molar-refractivity contribution in [3.63, 3.8) is 0 Å². The maximum absolute atomic E-state index is 11.0. The molecule has 1 N–H and O–H groups in total. The molecule has 0 spiro atoms. The smallest absolute Gasteiger partial charge is 0.356 e. The lowest BCUT2D eigenvalue weighted by Gasteiger charge is -2.12. The summed E-state index contributed by atoms with van der Waals surface area (Å²) in [4.78, 5) is 15.1. The topological polar surface area (TPSA) is 64.4 Å². The van der Waals surface area contributed by atoms with Crippen molar-refractivity contribution in [1.82, 2.24) is 9.55 Å². The third kappa shape index (κ3) is 3.11. The van der Waals surface area contributed by atoms with Gasteiger partial charge in [0, 0.05) is 12.2 Å². The Bertz CT molecular complexity index is 623. The van der Waals surface area contributed by atoms with E-state index in [1.807, 2.05) is 26.0 Å². The van der Waals surface area contributed by atoms with Crippen LogP contribution in [0.25, 0.3) is 0 Å². The molecule has 2 rings (SSSR count). The van der Waals surface area contributed by atoms with Gasteiger partial charge in [-0.3, -0.25) is 0 Å². The fraction of sp³-hybridized carbons (Fsp3) is 0.286. The minimum Gasteiger partial charge on any atom is -0.484 e. The van der Waals surface area contributed by atoms with Crippen LogP contribution in [-0.2, 0) is 6.61 Å². The predicted molar refractivity (Wildman–Crippen MR) is 75.4 cm³/mol. The Morgan fingerprint density at radius 1 is 1.45 bits per heavy atom. The van der Waals surface area contributed by atoms with Crippen molar-refractivity contribution >= 4 is 17.6 Å². The normalized spacial score (nSPS) is 10.8. The van der Waals surface area contributed by atoms with Gasteiger partial charge >= 0.3 is 5.97 Å². The Morgan fingerprint density at radius 3 is 2.75 bits per heavy atom. The third-order valence-corrected chi connectivity index (χ3v) is 3.09. The number of imidazole rings is 1. The molecule has 5 nitrogen and oxygen atoms in total. The van der Waals surface area contributed by atoms with Gasteiger partial charge in [0.2, 0.25) is 0 Å². The zero-order valence-corrected chi connectivity index (χ0v) is 12.0. The third-order valence-electron chi connectivity index (χ3n) is 2.78. The maximum Gasteiger partial charge on any atom is 0.356 e. The van der Waals surface area contributed by atoms with E-state index in [1.54, 1.807) is 16.7 Å². The highest BCUT2D eigenvalue weighted by atomic mass is 35.5. The molecule has 0 amide bonds. The van der Waals surface area contributed by atoms with E-state index < -0.39 is 5.97 Å². The van der Waals surface area contributed by atoms with Gasteiger partial charge in [-0.25, -0.2) is 9.78 Å². The Hall–Kier alpha value is -2.01. The van der Waals surface area contributed by atoms with E-state index in [4.69, 9.17) is 21.4 Å². The van der Waals surface area contributed by atoms with Gasteiger partial charge in [-0.2, -0.15) is 0 Å². The standard InChI is InChI=1S/C14H15ClN2O3/c1-9(2)17-7-11(14(18)19)16-13(17)8-20-12-6-4-3-5-10(12)15/h3-7,9H,8H2,1-2H3,(H,18,19). The van der Waals surface area contributed by atoms with Crippen molar-refractivity contribution in [3.8, 4) is 5.75 Å². The van der Waals surface area contributed by atoms with Crippen molar-refractivity contribution in [2.45, 2.75) is 26.5 Å². The zero-order valence-electron chi connectivity index (χ0n) is 11.2. The van der Waals surface area contributed by atoms with Crippen molar-refractivity contribution < 1.29 is 14.6 Å². The number of hydrogen-bond donors (Lipinski definition) is 1.